The first-order chi connectivity index (χ1) is 25.8. The number of para-hydroxylation sites is 3. The van der Waals surface area contributed by atoms with Gasteiger partial charge >= 0.3 is 0 Å². The number of thiophene rings is 1. The summed E-state index contributed by atoms with van der Waals surface area (Å²) in [6.45, 7) is 0. The van der Waals surface area contributed by atoms with E-state index in [9.17, 15) is 0 Å². The molecular formula is C49H30N2S. The second-order valence-electron chi connectivity index (χ2n) is 13.5. The van der Waals surface area contributed by atoms with Gasteiger partial charge in [-0.15, -0.1) is 11.3 Å². The van der Waals surface area contributed by atoms with Crippen molar-refractivity contribution in [2.75, 3.05) is 4.90 Å². The van der Waals surface area contributed by atoms with Crippen molar-refractivity contribution in [3.63, 3.8) is 0 Å². The summed E-state index contributed by atoms with van der Waals surface area (Å²) in [7, 11) is 0. The highest BCUT2D eigenvalue weighted by Crippen LogP contribution is 2.48. The van der Waals surface area contributed by atoms with Gasteiger partial charge in [-0.05, 0) is 87.8 Å². The highest BCUT2D eigenvalue weighted by atomic mass is 32.1. The van der Waals surface area contributed by atoms with Crippen LogP contribution in [0.5, 0.6) is 0 Å². The lowest BCUT2D eigenvalue weighted by Crippen LogP contribution is -2.11. The van der Waals surface area contributed by atoms with Crippen LogP contribution in [0.25, 0.3) is 76.5 Å². The van der Waals surface area contributed by atoms with Crippen LogP contribution >= 0.6 is 11.3 Å². The maximum atomic E-state index is 3.33. The Labute approximate surface area is 305 Å². The third kappa shape index (κ3) is 4.38. The predicted molar refractivity (Wildman–Crippen MR) is 223 cm³/mol. The number of hydrogen-bond donors (Lipinski definition) is 0. The summed E-state index contributed by atoms with van der Waals surface area (Å²) in [5.74, 6) is 6.50. The topological polar surface area (TPSA) is 7.65 Å². The van der Waals surface area contributed by atoms with E-state index in [1.165, 1.54) is 80.9 Å². The largest absolute Gasteiger partial charge is 0.308 e. The monoisotopic (exact) mass is 678 g/mol. The predicted octanol–water partition coefficient (Wildman–Crippen LogP) is 13.4. The van der Waals surface area contributed by atoms with E-state index in [0.717, 1.165) is 23.5 Å². The van der Waals surface area contributed by atoms with Gasteiger partial charge in [0.15, 0.2) is 0 Å². The van der Waals surface area contributed by atoms with Gasteiger partial charge in [-0.3, -0.25) is 0 Å². The van der Waals surface area contributed by atoms with Gasteiger partial charge in [-0.25, -0.2) is 0 Å². The minimum Gasteiger partial charge on any atom is -0.308 e. The van der Waals surface area contributed by atoms with Gasteiger partial charge in [-0.1, -0.05) is 127 Å². The van der Waals surface area contributed by atoms with Crippen molar-refractivity contribution in [1.29, 1.82) is 0 Å². The molecule has 3 heteroatoms. The molecule has 1 aliphatic carbocycles. The van der Waals surface area contributed by atoms with Crippen molar-refractivity contribution in [2.45, 2.75) is 6.42 Å². The van der Waals surface area contributed by atoms with Crippen molar-refractivity contribution in [1.82, 2.24) is 4.40 Å². The first-order valence-electron chi connectivity index (χ1n) is 17.7. The lowest BCUT2D eigenvalue weighted by atomic mass is 9.97. The number of rotatable bonds is 5. The Hall–Kier alpha value is -6.60. The Morgan fingerprint density at radius 1 is 0.519 bits per heavy atom. The highest BCUT2D eigenvalue weighted by molar-refractivity contribution is 7.20. The van der Waals surface area contributed by atoms with Gasteiger partial charge in [0.05, 0.1) is 22.2 Å². The summed E-state index contributed by atoms with van der Waals surface area (Å²) < 4.78 is 3.78. The molecule has 242 valence electrons. The van der Waals surface area contributed by atoms with Crippen LogP contribution in [0.15, 0.2) is 164 Å². The minimum atomic E-state index is 0.770. The SMILES string of the molecule is C1#CCc2c(sc3cc(N(c4cc(-c5ccccc5)cc(-c5ccccc5)c4)c4cccc5c6cccc7c8ccccc8n(c45)c76)ccc23)C=C1. The molecule has 52 heavy (non-hydrogen) atoms. The lowest BCUT2D eigenvalue weighted by molar-refractivity contribution is 1.27. The third-order valence-corrected chi connectivity index (χ3v) is 11.8. The molecule has 0 amide bonds. The second-order valence-corrected chi connectivity index (χ2v) is 14.6. The van der Waals surface area contributed by atoms with Crippen molar-refractivity contribution < 1.29 is 0 Å². The molecule has 0 fully saturated rings. The van der Waals surface area contributed by atoms with Gasteiger partial charge in [0, 0.05) is 48.9 Å². The maximum absolute atomic E-state index is 3.33. The minimum absolute atomic E-state index is 0.770. The van der Waals surface area contributed by atoms with E-state index in [0.29, 0.717) is 0 Å². The molecule has 1 aliphatic rings. The highest BCUT2D eigenvalue weighted by Gasteiger charge is 2.24. The number of anilines is 3. The van der Waals surface area contributed by atoms with Gasteiger partial charge in [0.25, 0.3) is 0 Å². The van der Waals surface area contributed by atoms with Crippen LogP contribution in [0.4, 0.5) is 17.1 Å². The summed E-state index contributed by atoms with van der Waals surface area (Å²) >= 11 is 1.85. The van der Waals surface area contributed by atoms with Gasteiger partial charge < -0.3 is 9.30 Å². The fourth-order valence-corrected chi connectivity index (χ4v) is 9.48. The molecule has 0 saturated heterocycles. The van der Waals surface area contributed by atoms with E-state index in [2.05, 4.69) is 185 Å². The standard InChI is InChI=1S/C49H30N2S/c1-4-14-32(15-5-1)34-28-35(33-16-6-2-7-17-33)30-37(29-34)50(36-26-27-40-39-19-8-3-9-25-46(39)52-47(40)31-36)45-24-13-22-43-42-21-12-20-41-38-18-10-11-23-44(38)51(48(41)42)49(43)45/h1-2,4-7,9-18,20-31H,19H2. The van der Waals surface area contributed by atoms with Crippen molar-refractivity contribution in [2.24, 2.45) is 0 Å². The molecular weight excluding hydrogens is 649 g/mol. The number of hydrogen-bond acceptors (Lipinski definition) is 2. The molecule has 0 N–H and O–H groups in total. The Morgan fingerprint density at radius 3 is 1.94 bits per heavy atom. The Bertz CT molecular complexity index is 3040. The Kier molecular flexibility index (Phi) is 6.43. The first-order valence-corrected chi connectivity index (χ1v) is 18.5. The number of nitrogens with zero attached hydrogens (tertiary/aromatic N) is 2. The van der Waals surface area contributed by atoms with Crippen molar-refractivity contribution >= 4 is 82.7 Å². The molecule has 0 unspecified atom stereocenters. The normalized spacial score (nSPS) is 12.5. The number of fused-ring (bicyclic) bond motifs is 9. The zero-order chi connectivity index (χ0) is 34.2. The van der Waals surface area contributed by atoms with Crippen LogP contribution in [0.2, 0.25) is 0 Å². The van der Waals surface area contributed by atoms with Crippen LogP contribution in [0.1, 0.15) is 10.4 Å². The van der Waals surface area contributed by atoms with Gasteiger partial charge in [0.1, 0.15) is 0 Å². The number of benzene rings is 7. The molecule has 11 rings (SSSR count). The van der Waals surface area contributed by atoms with Gasteiger partial charge in [-0.2, -0.15) is 0 Å². The zero-order valence-electron chi connectivity index (χ0n) is 28.2. The maximum Gasteiger partial charge on any atom is 0.0782 e. The molecule has 2 nitrogen and oxygen atoms in total. The molecule has 0 atom stereocenters. The van der Waals surface area contributed by atoms with Crippen LogP contribution in [0.3, 0.4) is 0 Å². The molecule has 0 bridgehead atoms. The third-order valence-electron chi connectivity index (χ3n) is 10.6. The average molecular weight is 679 g/mol. The Balaban J connectivity index is 1.25. The van der Waals surface area contributed by atoms with Crippen LogP contribution < -0.4 is 4.90 Å². The number of aromatic nitrogens is 1. The van der Waals surface area contributed by atoms with E-state index < -0.39 is 0 Å². The molecule has 3 heterocycles. The van der Waals surface area contributed by atoms with Crippen molar-refractivity contribution in [3.8, 4) is 34.1 Å². The van der Waals surface area contributed by atoms with E-state index >= 15 is 0 Å². The number of allylic oxidation sites excluding steroid dienone is 1. The van der Waals surface area contributed by atoms with E-state index in [1.807, 2.05) is 17.4 Å². The smallest absolute Gasteiger partial charge is 0.0782 e. The van der Waals surface area contributed by atoms with E-state index in [4.69, 9.17) is 0 Å². The van der Waals surface area contributed by atoms with Gasteiger partial charge in [0.2, 0.25) is 0 Å². The fraction of sp³-hybridized carbons (Fsp3) is 0.0204. The molecule has 0 saturated carbocycles. The molecule has 0 aliphatic heterocycles. The van der Waals surface area contributed by atoms with Crippen molar-refractivity contribution in [3.05, 3.63) is 174 Å². The Morgan fingerprint density at radius 2 is 1.17 bits per heavy atom. The molecule has 3 aromatic heterocycles. The van der Waals surface area contributed by atoms with E-state index in [1.54, 1.807) is 0 Å². The summed E-state index contributed by atoms with van der Waals surface area (Å²) in [4.78, 5) is 3.77. The second kappa shape index (κ2) is 11.5. The molecule has 0 spiro atoms. The average Bonchev–Trinajstić information content (AvgIpc) is 3.78. The lowest BCUT2D eigenvalue weighted by Gasteiger charge is -2.28. The first kappa shape index (κ1) is 29.2. The summed E-state index contributed by atoms with van der Waals surface area (Å²) in [6.07, 6.45) is 4.93. The van der Waals surface area contributed by atoms with Crippen LogP contribution in [-0.4, -0.2) is 4.40 Å². The van der Waals surface area contributed by atoms with E-state index in [-0.39, 0.29) is 0 Å². The molecule has 7 aromatic carbocycles. The molecule has 10 aromatic rings. The molecule has 0 radical (unpaired) electrons. The summed E-state index contributed by atoms with van der Waals surface area (Å²) in [5, 5.41) is 6.39. The fourth-order valence-electron chi connectivity index (χ4n) is 8.32. The quantitative estimate of drug-likeness (QED) is 0.164. The summed E-state index contributed by atoms with van der Waals surface area (Å²) in [6, 6.07) is 57.9. The summed E-state index contributed by atoms with van der Waals surface area (Å²) in [5.41, 5.74) is 13.2. The van der Waals surface area contributed by atoms with Crippen LogP contribution in [0, 0.1) is 11.8 Å². The zero-order valence-corrected chi connectivity index (χ0v) is 29.0. The van der Waals surface area contributed by atoms with Crippen LogP contribution in [-0.2, 0) is 6.42 Å².